The number of hydrogen-bond donors (Lipinski definition) is 1. The second-order valence-corrected chi connectivity index (χ2v) is 7.21. The predicted octanol–water partition coefficient (Wildman–Crippen LogP) is 1.08. The summed E-state index contributed by atoms with van der Waals surface area (Å²) in [5, 5.41) is 17.8. The molecule has 9 heteroatoms. The van der Waals surface area contributed by atoms with Gasteiger partial charge in [-0.05, 0) is 50.6 Å². The topological polar surface area (TPSA) is 109 Å². The van der Waals surface area contributed by atoms with Crippen LogP contribution in [0.2, 0.25) is 0 Å². The molecule has 2 aromatic heterocycles. The van der Waals surface area contributed by atoms with Gasteiger partial charge in [0.25, 0.3) is 0 Å². The highest BCUT2D eigenvalue weighted by Crippen LogP contribution is 2.14. The average molecular weight is 346 g/mol. The maximum atomic E-state index is 11.3. The molecule has 8 nitrogen and oxygen atoms in total. The minimum absolute atomic E-state index is 0.0599. The molecule has 0 aliphatic carbocycles. The van der Waals surface area contributed by atoms with Crippen molar-refractivity contribution in [1.29, 1.82) is 0 Å². The summed E-state index contributed by atoms with van der Waals surface area (Å²) >= 11 is 0. The molecule has 0 atom stereocenters. The third-order valence-corrected chi connectivity index (χ3v) is 4.95. The van der Waals surface area contributed by atoms with Gasteiger partial charge in [-0.1, -0.05) is 5.21 Å². The molecule has 2 heterocycles. The first kappa shape index (κ1) is 16.3. The summed E-state index contributed by atoms with van der Waals surface area (Å²) < 4.78 is 26.0. The quantitative estimate of drug-likeness (QED) is 0.760. The lowest BCUT2D eigenvalue weighted by molar-refractivity contribution is 0.598. The summed E-state index contributed by atoms with van der Waals surface area (Å²) in [4.78, 5) is 0.0599. The van der Waals surface area contributed by atoms with Gasteiger partial charge >= 0.3 is 0 Å². The van der Waals surface area contributed by atoms with Crippen molar-refractivity contribution in [3.63, 3.8) is 0 Å². The second kappa shape index (κ2) is 5.84. The van der Waals surface area contributed by atoms with Crippen LogP contribution in [0.15, 0.2) is 35.4 Å². The Kier molecular flexibility index (Phi) is 3.98. The van der Waals surface area contributed by atoms with Crippen molar-refractivity contribution < 1.29 is 8.42 Å². The fourth-order valence-electron chi connectivity index (χ4n) is 2.38. The molecular weight excluding hydrogens is 328 g/mol. The van der Waals surface area contributed by atoms with Crippen molar-refractivity contribution in [2.75, 3.05) is 0 Å². The Morgan fingerprint density at radius 1 is 1.12 bits per heavy atom. The van der Waals surface area contributed by atoms with Gasteiger partial charge in [-0.2, -0.15) is 5.10 Å². The molecule has 0 unspecified atom stereocenters. The largest absolute Gasteiger partial charge is 0.263 e. The molecule has 24 heavy (non-hydrogen) atoms. The van der Waals surface area contributed by atoms with Crippen LogP contribution in [0.25, 0.3) is 5.69 Å². The molecule has 0 saturated carbocycles. The maximum absolute atomic E-state index is 11.3. The van der Waals surface area contributed by atoms with E-state index < -0.39 is 10.0 Å². The third-order valence-electron chi connectivity index (χ3n) is 4.03. The number of hydrogen-bond acceptors (Lipinski definition) is 5. The molecule has 1 aromatic carbocycles. The molecular formula is C15H18N6O2S. The Morgan fingerprint density at radius 2 is 1.79 bits per heavy atom. The summed E-state index contributed by atoms with van der Waals surface area (Å²) in [5.74, 6) is 0. The highest BCUT2D eigenvalue weighted by molar-refractivity contribution is 7.89. The Morgan fingerprint density at radius 3 is 2.33 bits per heavy atom. The highest BCUT2D eigenvalue weighted by atomic mass is 32.2. The molecule has 0 bridgehead atoms. The summed E-state index contributed by atoms with van der Waals surface area (Å²) in [6, 6.07) is 6.14. The molecule has 0 saturated heterocycles. The highest BCUT2D eigenvalue weighted by Gasteiger charge is 2.11. The zero-order valence-electron chi connectivity index (χ0n) is 13.6. The zero-order chi connectivity index (χ0) is 17.5. The molecule has 0 fully saturated rings. The van der Waals surface area contributed by atoms with Crippen LogP contribution in [0.1, 0.15) is 22.6 Å². The number of benzene rings is 1. The fraction of sp³-hybridized carbons (Fsp3) is 0.267. The van der Waals surface area contributed by atoms with E-state index in [0.717, 1.165) is 17.1 Å². The smallest absolute Gasteiger partial charge is 0.238 e. The molecule has 0 radical (unpaired) electrons. The van der Waals surface area contributed by atoms with E-state index in [2.05, 4.69) is 15.4 Å². The normalized spacial score (nSPS) is 11.8. The monoisotopic (exact) mass is 346 g/mol. The van der Waals surface area contributed by atoms with Crippen molar-refractivity contribution in [2.24, 2.45) is 5.14 Å². The molecule has 126 valence electrons. The van der Waals surface area contributed by atoms with Crippen LogP contribution in [0, 0.1) is 20.8 Å². The molecule has 3 aromatic rings. The lowest BCUT2D eigenvalue weighted by Crippen LogP contribution is -2.12. The van der Waals surface area contributed by atoms with E-state index in [1.165, 1.54) is 17.7 Å². The number of aromatic nitrogens is 5. The van der Waals surface area contributed by atoms with Crippen LogP contribution in [-0.4, -0.2) is 33.2 Å². The summed E-state index contributed by atoms with van der Waals surface area (Å²) in [5.41, 5.74) is 4.72. The molecule has 3 rings (SSSR count). The van der Waals surface area contributed by atoms with Gasteiger partial charge in [-0.15, -0.1) is 5.10 Å². The number of primary sulfonamides is 1. The summed E-state index contributed by atoms with van der Waals surface area (Å²) in [7, 11) is -3.70. The first-order chi connectivity index (χ1) is 11.3. The number of aryl methyl sites for hydroxylation is 1. The van der Waals surface area contributed by atoms with Crippen LogP contribution >= 0.6 is 0 Å². The van der Waals surface area contributed by atoms with Crippen LogP contribution in [0.3, 0.4) is 0 Å². The van der Waals surface area contributed by atoms with Crippen LogP contribution < -0.4 is 5.14 Å². The fourth-order valence-corrected chi connectivity index (χ4v) is 2.89. The zero-order valence-corrected chi connectivity index (χ0v) is 14.4. The second-order valence-electron chi connectivity index (χ2n) is 5.65. The molecule has 0 amide bonds. The third kappa shape index (κ3) is 3.08. The predicted molar refractivity (Wildman–Crippen MR) is 88.3 cm³/mol. The maximum Gasteiger partial charge on any atom is 0.238 e. The van der Waals surface area contributed by atoms with Crippen molar-refractivity contribution in [1.82, 2.24) is 24.8 Å². The van der Waals surface area contributed by atoms with Gasteiger partial charge in [0.2, 0.25) is 10.0 Å². The lowest BCUT2D eigenvalue weighted by atomic mass is 10.2. The Labute approximate surface area is 140 Å². The van der Waals surface area contributed by atoms with E-state index in [4.69, 9.17) is 5.14 Å². The minimum atomic E-state index is -3.70. The van der Waals surface area contributed by atoms with Gasteiger partial charge in [0.05, 0.1) is 29.0 Å². The van der Waals surface area contributed by atoms with Gasteiger partial charge in [0.1, 0.15) is 5.69 Å². The van der Waals surface area contributed by atoms with Crippen LogP contribution in [0.4, 0.5) is 0 Å². The minimum Gasteiger partial charge on any atom is -0.263 e. The van der Waals surface area contributed by atoms with Crippen LogP contribution in [0.5, 0.6) is 0 Å². The van der Waals surface area contributed by atoms with E-state index in [1.807, 2.05) is 25.5 Å². The number of rotatable bonds is 4. The van der Waals surface area contributed by atoms with Crippen LogP contribution in [-0.2, 0) is 16.6 Å². The van der Waals surface area contributed by atoms with E-state index in [0.29, 0.717) is 12.2 Å². The SMILES string of the molecule is Cc1nn(Cc2cn(-c3ccc(S(N)(=O)=O)cc3)nn2)c(C)c1C. The Balaban J connectivity index is 1.84. The number of sulfonamides is 1. The first-order valence-corrected chi connectivity index (χ1v) is 8.85. The Bertz CT molecular complexity index is 986. The van der Waals surface area contributed by atoms with Crippen molar-refractivity contribution in [2.45, 2.75) is 32.2 Å². The lowest BCUT2D eigenvalue weighted by Gasteiger charge is -2.02. The van der Waals surface area contributed by atoms with Gasteiger partial charge in [0.15, 0.2) is 0 Å². The number of nitrogens with two attached hydrogens (primary N) is 1. The van der Waals surface area contributed by atoms with Gasteiger partial charge in [0, 0.05) is 5.69 Å². The molecule has 2 N–H and O–H groups in total. The van der Waals surface area contributed by atoms with E-state index in [9.17, 15) is 8.42 Å². The molecule has 0 aliphatic rings. The van der Waals surface area contributed by atoms with E-state index >= 15 is 0 Å². The summed E-state index contributed by atoms with van der Waals surface area (Å²) in [6.45, 7) is 6.56. The van der Waals surface area contributed by atoms with Crippen molar-refractivity contribution >= 4 is 10.0 Å². The average Bonchev–Trinajstić information content (AvgIpc) is 3.08. The van der Waals surface area contributed by atoms with Crippen molar-refractivity contribution in [3.05, 3.63) is 53.1 Å². The van der Waals surface area contributed by atoms with Gasteiger partial charge in [-0.25, -0.2) is 18.2 Å². The van der Waals surface area contributed by atoms with E-state index in [-0.39, 0.29) is 4.90 Å². The standard InChI is InChI=1S/C15H18N6O2S/c1-10-11(2)18-20(12(10)3)8-13-9-21(19-17-13)14-4-6-15(7-5-14)24(16,22)23/h4-7,9H,8H2,1-3H3,(H2,16,22,23). The molecule has 0 spiro atoms. The van der Waals surface area contributed by atoms with E-state index in [1.54, 1.807) is 23.0 Å². The number of nitrogens with zero attached hydrogens (tertiary/aromatic N) is 5. The Hall–Kier alpha value is -2.52. The summed E-state index contributed by atoms with van der Waals surface area (Å²) in [6.07, 6.45) is 1.79. The first-order valence-electron chi connectivity index (χ1n) is 7.31. The van der Waals surface area contributed by atoms with Crippen molar-refractivity contribution in [3.8, 4) is 5.69 Å². The van der Waals surface area contributed by atoms with Gasteiger partial charge in [-0.3, -0.25) is 4.68 Å². The molecule has 0 aliphatic heterocycles. The van der Waals surface area contributed by atoms with Gasteiger partial charge < -0.3 is 0 Å².